The third kappa shape index (κ3) is 2.73. The Morgan fingerprint density at radius 3 is 2.32 bits per heavy atom. The van der Waals surface area contributed by atoms with Gasteiger partial charge in [0.25, 0.3) is 0 Å². The second kappa shape index (κ2) is 6.14. The normalized spacial score (nSPS) is 28.8. The Bertz CT molecular complexity index is 518. The van der Waals surface area contributed by atoms with Gasteiger partial charge in [0.15, 0.2) is 0 Å². The molecule has 1 aromatic rings. The van der Waals surface area contributed by atoms with Crippen LogP contribution in [0.5, 0.6) is 0 Å². The number of anilines is 2. The first-order valence-electron chi connectivity index (χ1n) is 7.91. The molecule has 4 rings (SSSR count). The highest BCUT2D eigenvalue weighted by Gasteiger charge is 2.36. The van der Waals surface area contributed by atoms with Gasteiger partial charge in [-0.1, -0.05) is 0 Å². The molecule has 3 saturated heterocycles. The van der Waals surface area contributed by atoms with Gasteiger partial charge in [-0.15, -0.1) is 0 Å². The lowest BCUT2D eigenvalue weighted by Crippen LogP contribution is -2.56. The van der Waals surface area contributed by atoms with Crippen molar-refractivity contribution in [1.82, 2.24) is 15.0 Å². The fourth-order valence-electron chi connectivity index (χ4n) is 3.51. The van der Waals surface area contributed by atoms with Crippen molar-refractivity contribution >= 4 is 23.5 Å². The zero-order chi connectivity index (χ0) is 14.9. The maximum Gasteiger partial charge on any atom is 0.232 e. The van der Waals surface area contributed by atoms with E-state index in [1.165, 1.54) is 6.42 Å². The summed E-state index contributed by atoms with van der Waals surface area (Å²) in [6, 6.07) is 0.701. The topological polar surface area (TPSA) is 63.6 Å². The lowest BCUT2D eigenvalue weighted by molar-refractivity contribution is 0.0452. The molecule has 0 amide bonds. The van der Waals surface area contributed by atoms with Crippen LogP contribution in [0.1, 0.15) is 19.3 Å². The predicted octanol–water partition coefficient (Wildman–Crippen LogP) is 1.12. The number of hydrogen-bond donors (Lipinski definition) is 0. The molecule has 1 aromatic heterocycles. The monoisotopic (exact) mass is 325 g/mol. The first-order chi connectivity index (χ1) is 10.8. The van der Waals surface area contributed by atoms with Crippen LogP contribution in [0.15, 0.2) is 0 Å². The zero-order valence-corrected chi connectivity index (χ0v) is 13.2. The van der Waals surface area contributed by atoms with Gasteiger partial charge in [-0.3, -0.25) is 0 Å². The van der Waals surface area contributed by atoms with Crippen molar-refractivity contribution in [2.45, 2.75) is 31.3 Å². The molecule has 0 spiro atoms. The van der Waals surface area contributed by atoms with Gasteiger partial charge in [0, 0.05) is 13.1 Å². The Morgan fingerprint density at radius 1 is 0.909 bits per heavy atom. The number of hydrogen-bond acceptors (Lipinski definition) is 7. The van der Waals surface area contributed by atoms with Gasteiger partial charge in [-0.05, 0) is 30.9 Å². The molecule has 7 nitrogen and oxygen atoms in total. The van der Waals surface area contributed by atoms with Gasteiger partial charge in [0.1, 0.15) is 0 Å². The van der Waals surface area contributed by atoms with Crippen LogP contribution in [0.3, 0.4) is 0 Å². The Kier molecular flexibility index (Phi) is 4.02. The molecular formula is C14H20ClN5O2. The highest BCUT2D eigenvalue weighted by Crippen LogP contribution is 2.31. The van der Waals surface area contributed by atoms with Gasteiger partial charge in [-0.2, -0.15) is 15.0 Å². The Balaban J connectivity index is 1.64. The van der Waals surface area contributed by atoms with Crippen molar-refractivity contribution in [2.24, 2.45) is 0 Å². The number of morpholine rings is 2. The quantitative estimate of drug-likeness (QED) is 0.807. The summed E-state index contributed by atoms with van der Waals surface area (Å²) in [6.45, 7) is 4.45. The summed E-state index contributed by atoms with van der Waals surface area (Å²) in [5, 5.41) is 0.260. The van der Waals surface area contributed by atoms with Crippen LogP contribution in [-0.4, -0.2) is 66.6 Å². The third-order valence-electron chi connectivity index (χ3n) is 4.59. The van der Waals surface area contributed by atoms with E-state index in [9.17, 15) is 0 Å². The number of nitrogens with zero attached hydrogens (tertiary/aromatic N) is 5. The molecule has 0 aliphatic carbocycles. The van der Waals surface area contributed by atoms with E-state index in [0.717, 1.165) is 39.1 Å². The minimum Gasteiger partial charge on any atom is -0.378 e. The summed E-state index contributed by atoms with van der Waals surface area (Å²) >= 11 is 6.17. The number of halogens is 1. The van der Waals surface area contributed by atoms with Crippen LogP contribution in [0.2, 0.25) is 5.28 Å². The first-order valence-corrected chi connectivity index (χ1v) is 8.29. The average Bonchev–Trinajstić information content (AvgIpc) is 2.54. The van der Waals surface area contributed by atoms with Crippen LogP contribution in [-0.2, 0) is 9.47 Å². The van der Waals surface area contributed by atoms with Crippen molar-refractivity contribution in [3.8, 4) is 0 Å². The molecule has 8 heteroatoms. The van der Waals surface area contributed by atoms with Crippen LogP contribution in [0.4, 0.5) is 11.9 Å². The lowest BCUT2D eigenvalue weighted by atomic mass is 9.95. The maximum atomic E-state index is 6.17. The van der Waals surface area contributed by atoms with Crippen LogP contribution in [0.25, 0.3) is 0 Å². The van der Waals surface area contributed by atoms with Crippen molar-refractivity contribution in [1.29, 1.82) is 0 Å². The minimum absolute atomic E-state index is 0.260. The van der Waals surface area contributed by atoms with Gasteiger partial charge in [0.2, 0.25) is 17.2 Å². The van der Waals surface area contributed by atoms with E-state index in [4.69, 9.17) is 26.1 Å². The van der Waals surface area contributed by atoms with E-state index >= 15 is 0 Å². The molecule has 3 aliphatic rings. The molecule has 2 atom stereocenters. The summed E-state index contributed by atoms with van der Waals surface area (Å²) < 4.78 is 11.1. The van der Waals surface area contributed by atoms with Crippen molar-refractivity contribution in [3.05, 3.63) is 5.28 Å². The molecule has 2 unspecified atom stereocenters. The van der Waals surface area contributed by atoms with Crippen LogP contribution in [0, 0.1) is 0 Å². The Morgan fingerprint density at radius 2 is 1.59 bits per heavy atom. The first kappa shape index (κ1) is 14.4. The Hall–Kier alpha value is -1.18. The zero-order valence-electron chi connectivity index (χ0n) is 12.4. The number of fused-ring (bicyclic) bond motifs is 2. The molecule has 3 aliphatic heterocycles. The third-order valence-corrected chi connectivity index (χ3v) is 4.76. The summed E-state index contributed by atoms with van der Waals surface area (Å²) in [6.07, 6.45) is 3.48. The van der Waals surface area contributed by atoms with Crippen LogP contribution >= 0.6 is 11.6 Å². The fraction of sp³-hybridized carbons (Fsp3) is 0.786. The van der Waals surface area contributed by atoms with E-state index in [1.54, 1.807) is 0 Å². The summed E-state index contributed by atoms with van der Waals surface area (Å²) in [5.41, 5.74) is 0. The number of rotatable bonds is 2. The van der Waals surface area contributed by atoms with Crippen molar-refractivity contribution in [3.63, 3.8) is 0 Å². The molecule has 0 N–H and O–H groups in total. The number of ether oxygens (including phenoxy) is 2. The molecule has 0 saturated carbocycles. The largest absolute Gasteiger partial charge is 0.378 e. The lowest BCUT2D eigenvalue weighted by Gasteiger charge is -2.45. The van der Waals surface area contributed by atoms with E-state index in [0.29, 0.717) is 37.2 Å². The van der Waals surface area contributed by atoms with E-state index in [-0.39, 0.29) is 5.28 Å². The van der Waals surface area contributed by atoms with Gasteiger partial charge in [-0.25, -0.2) is 0 Å². The molecule has 2 bridgehead atoms. The summed E-state index contributed by atoms with van der Waals surface area (Å²) in [7, 11) is 0. The highest BCUT2D eigenvalue weighted by atomic mass is 35.5. The molecule has 4 heterocycles. The van der Waals surface area contributed by atoms with E-state index in [2.05, 4.69) is 19.8 Å². The molecule has 3 fully saturated rings. The van der Waals surface area contributed by atoms with Crippen molar-refractivity contribution in [2.75, 3.05) is 49.3 Å². The molecular weight excluding hydrogens is 306 g/mol. The van der Waals surface area contributed by atoms with E-state index < -0.39 is 0 Å². The Labute approximate surface area is 134 Å². The SMILES string of the molecule is Clc1nc(N2CCOCC2)nc(N2C3CCCC2COC3)n1. The summed E-state index contributed by atoms with van der Waals surface area (Å²) in [5.74, 6) is 1.35. The second-order valence-electron chi connectivity index (χ2n) is 5.99. The number of aromatic nitrogens is 3. The van der Waals surface area contributed by atoms with Crippen molar-refractivity contribution < 1.29 is 9.47 Å². The van der Waals surface area contributed by atoms with Gasteiger partial charge in [0.05, 0.1) is 38.5 Å². The molecule has 120 valence electrons. The fourth-order valence-corrected chi connectivity index (χ4v) is 3.66. The highest BCUT2D eigenvalue weighted by molar-refractivity contribution is 6.28. The average molecular weight is 326 g/mol. The van der Waals surface area contributed by atoms with Gasteiger partial charge >= 0.3 is 0 Å². The standard InChI is InChI=1S/C14H20ClN5O2/c15-12-16-13(19-4-6-21-7-5-19)18-14(17-12)20-10-2-1-3-11(20)9-22-8-10/h10-11H,1-9H2. The minimum atomic E-state index is 0.260. The van der Waals surface area contributed by atoms with Crippen LogP contribution < -0.4 is 9.80 Å². The second-order valence-corrected chi connectivity index (χ2v) is 6.33. The molecule has 22 heavy (non-hydrogen) atoms. The molecule has 0 aromatic carbocycles. The van der Waals surface area contributed by atoms with E-state index in [1.807, 2.05) is 0 Å². The molecule has 0 radical (unpaired) electrons. The number of piperidine rings is 1. The summed E-state index contributed by atoms with van der Waals surface area (Å²) in [4.78, 5) is 17.8. The smallest absolute Gasteiger partial charge is 0.232 e. The predicted molar refractivity (Wildman–Crippen MR) is 82.6 cm³/mol. The maximum absolute atomic E-state index is 6.17. The van der Waals surface area contributed by atoms with Gasteiger partial charge < -0.3 is 19.3 Å².